The summed E-state index contributed by atoms with van der Waals surface area (Å²) in [6.07, 6.45) is 5.49. The van der Waals surface area contributed by atoms with Crippen LogP contribution in [0.15, 0.2) is 30.6 Å². The lowest BCUT2D eigenvalue weighted by atomic mass is 10.1. The van der Waals surface area contributed by atoms with Gasteiger partial charge in [0, 0.05) is 44.6 Å². The average Bonchev–Trinajstić information content (AvgIpc) is 2.84. The number of benzene rings is 1. The van der Waals surface area contributed by atoms with Gasteiger partial charge >= 0.3 is 6.01 Å². The van der Waals surface area contributed by atoms with E-state index in [2.05, 4.69) is 47.1 Å². The number of rotatable bonds is 7. The molecule has 9 heteroatoms. The van der Waals surface area contributed by atoms with Crippen LogP contribution in [-0.2, 0) is 15.8 Å². The Kier molecular flexibility index (Phi) is 8.05. The number of ether oxygens (including phenoxy) is 2. The second-order valence-electron chi connectivity index (χ2n) is 9.97. The SMILES string of the molecule is C[Si](OCc1cccc(N2CCN(c3cnc(OC4CCOCC4)nc3)CC2)c1F)C(C)(C)C. The zero-order chi connectivity index (χ0) is 24.1. The number of anilines is 2. The Bertz CT molecular complexity index is 927. The fourth-order valence-corrected chi connectivity index (χ4v) is 4.81. The molecule has 4 rings (SSSR count). The van der Waals surface area contributed by atoms with Gasteiger partial charge in [0.2, 0.25) is 9.04 Å². The van der Waals surface area contributed by atoms with Crippen molar-refractivity contribution in [2.45, 2.75) is 57.9 Å². The first-order chi connectivity index (χ1) is 16.3. The molecular weight excluding hydrogens is 451 g/mol. The van der Waals surface area contributed by atoms with Gasteiger partial charge in [-0.1, -0.05) is 32.9 Å². The van der Waals surface area contributed by atoms with Crippen molar-refractivity contribution < 1.29 is 18.3 Å². The molecule has 3 heterocycles. The third-order valence-electron chi connectivity index (χ3n) is 6.60. The van der Waals surface area contributed by atoms with Gasteiger partial charge in [-0.25, -0.2) is 14.4 Å². The summed E-state index contributed by atoms with van der Waals surface area (Å²) in [5.74, 6) is -0.169. The first kappa shape index (κ1) is 24.9. The molecule has 0 amide bonds. The number of hydrogen-bond acceptors (Lipinski definition) is 7. The molecule has 0 saturated carbocycles. The third kappa shape index (κ3) is 6.25. The van der Waals surface area contributed by atoms with Crippen LogP contribution in [0.3, 0.4) is 0 Å². The smallest absolute Gasteiger partial charge is 0.316 e. The fourth-order valence-electron chi connectivity index (χ4n) is 4.01. The van der Waals surface area contributed by atoms with Gasteiger partial charge in [0.1, 0.15) is 6.10 Å². The third-order valence-corrected chi connectivity index (χ3v) is 9.29. The summed E-state index contributed by atoms with van der Waals surface area (Å²) < 4.78 is 32.6. The van der Waals surface area contributed by atoms with Crippen molar-refractivity contribution in [1.82, 2.24) is 9.97 Å². The zero-order valence-electron chi connectivity index (χ0n) is 20.7. The summed E-state index contributed by atoms with van der Waals surface area (Å²) in [7, 11) is -1.02. The van der Waals surface area contributed by atoms with Crippen LogP contribution in [0.4, 0.5) is 15.8 Å². The molecule has 2 aromatic rings. The van der Waals surface area contributed by atoms with E-state index >= 15 is 4.39 Å². The van der Waals surface area contributed by atoms with E-state index in [0.717, 1.165) is 57.9 Å². The molecule has 1 radical (unpaired) electrons. The molecule has 0 atom stereocenters. The van der Waals surface area contributed by atoms with Gasteiger partial charge < -0.3 is 23.7 Å². The van der Waals surface area contributed by atoms with E-state index in [1.54, 1.807) is 0 Å². The van der Waals surface area contributed by atoms with Crippen LogP contribution in [0.5, 0.6) is 6.01 Å². The molecule has 7 nitrogen and oxygen atoms in total. The normalized spacial score (nSPS) is 17.9. The van der Waals surface area contributed by atoms with Gasteiger partial charge in [-0.15, -0.1) is 0 Å². The summed E-state index contributed by atoms with van der Waals surface area (Å²) in [6, 6.07) is 6.03. The van der Waals surface area contributed by atoms with E-state index in [0.29, 0.717) is 23.9 Å². The molecule has 2 aliphatic heterocycles. The van der Waals surface area contributed by atoms with Gasteiger partial charge in [-0.2, -0.15) is 0 Å². The van der Waals surface area contributed by atoms with E-state index in [-0.39, 0.29) is 17.0 Å². The molecule has 0 spiro atoms. The topological polar surface area (TPSA) is 60.0 Å². The van der Waals surface area contributed by atoms with Crippen molar-refractivity contribution in [3.05, 3.63) is 42.0 Å². The van der Waals surface area contributed by atoms with Crippen LogP contribution in [0, 0.1) is 5.82 Å². The van der Waals surface area contributed by atoms with E-state index in [4.69, 9.17) is 13.9 Å². The molecular formula is C25H36FN4O3Si. The van der Waals surface area contributed by atoms with E-state index in [9.17, 15) is 0 Å². The van der Waals surface area contributed by atoms with E-state index in [1.165, 1.54) is 0 Å². The quantitative estimate of drug-likeness (QED) is 0.535. The largest absolute Gasteiger partial charge is 0.460 e. The van der Waals surface area contributed by atoms with Crippen molar-refractivity contribution in [2.24, 2.45) is 0 Å². The Balaban J connectivity index is 1.32. The maximum atomic E-state index is 15.3. The zero-order valence-corrected chi connectivity index (χ0v) is 21.7. The molecule has 2 fully saturated rings. The Morgan fingerprint density at radius 3 is 2.35 bits per heavy atom. The summed E-state index contributed by atoms with van der Waals surface area (Å²) in [6.45, 7) is 13.4. The lowest BCUT2D eigenvalue weighted by Gasteiger charge is -2.37. The number of halogens is 1. The maximum Gasteiger partial charge on any atom is 0.316 e. The highest BCUT2D eigenvalue weighted by Crippen LogP contribution is 2.30. The summed E-state index contributed by atoms with van der Waals surface area (Å²) in [5, 5.41) is 0.119. The van der Waals surface area contributed by atoms with Crippen molar-refractivity contribution in [1.29, 1.82) is 0 Å². The predicted molar refractivity (Wildman–Crippen MR) is 133 cm³/mol. The first-order valence-corrected chi connectivity index (χ1v) is 14.0. The van der Waals surface area contributed by atoms with Gasteiger partial charge in [-0.3, -0.25) is 0 Å². The van der Waals surface area contributed by atoms with Crippen LogP contribution in [0.2, 0.25) is 11.6 Å². The Morgan fingerprint density at radius 1 is 1.06 bits per heavy atom. The molecule has 2 saturated heterocycles. The van der Waals surface area contributed by atoms with Crippen molar-refractivity contribution in [2.75, 3.05) is 49.2 Å². The first-order valence-electron chi connectivity index (χ1n) is 12.1. The van der Waals surface area contributed by atoms with Gasteiger partial charge in [0.25, 0.3) is 0 Å². The van der Waals surface area contributed by atoms with Crippen molar-refractivity contribution in [3.63, 3.8) is 0 Å². The molecule has 1 aromatic heterocycles. The number of piperazine rings is 1. The van der Waals surface area contributed by atoms with E-state index in [1.807, 2.05) is 30.6 Å². The predicted octanol–water partition coefficient (Wildman–Crippen LogP) is 4.44. The van der Waals surface area contributed by atoms with Crippen molar-refractivity contribution >= 4 is 20.4 Å². The van der Waals surface area contributed by atoms with Crippen LogP contribution >= 0.6 is 0 Å². The minimum absolute atomic E-state index is 0.119. The summed E-state index contributed by atoms with van der Waals surface area (Å²) >= 11 is 0. The van der Waals surface area contributed by atoms with Crippen LogP contribution in [0.1, 0.15) is 39.2 Å². The Labute approximate surface area is 204 Å². The number of aromatic nitrogens is 2. The molecule has 0 unspecified atom stereocenters. The molecule has 2 aliphatic rings. The second kappa shape index (κ2) is 11.0. The van der Waals surface area contributed by atoms with Crippen LogP contribution < -0.4 is 14.5 Å². The van der Waals surface area contributed by atoms with Gasteiger partial charge in [0.05, 0.1) is 43.6 Å². The standard InChI is InChI=1S/C25H36FN4O3Si/c1-25(2,3)34(4)32-18-19-6-5-7-22(23(19)26)30-12-10-29(11-13-30)20-16-27-24(28-17-20)33-21-8-14-31-15-9-21/h5-7,16-17,21H,8-15,18H2,1-4H3. The molecule has 185 valence electrons. The molecule has 34 heavy (non-hydrogen) atoms. The molecule has 0 N–H and O–H groups in total. The molecule has 0 aliphatic carbocycles. The van der Waals surface area contributed by atoms with Crippen molar-refractivity contribution in [3.8, 4) is 6.01 Å². The van der Waals surface area contributed by atoms with Crippen LogP contribution in [-0.4, -0.2) is 64.5 Å². The summed E-state index contributed by atoms with van der Waals surface area (Å²) in [5.41, 5.74) is 2.24. The highest BCUT2D eigenvalue weighted by molar-refractivity contribution is 6.53. The fraction of sp³-hybridized carbons (Fsp3) is 0.600. The van der Waals surface area contributed by atoms with Gasteiger partial charge in [-0.05, 0) is 17.7 Å². The maximum absolute atomic E-state index is 15.3. The summed E-state index contributed by atoms with van der Waals surface area (Å²) in [4.78, 5) is 13.1. The average molecular weight is 488 g/mol. The molecule has 0 bridgehead atoms. The lowest BCUT2D eigenvalue weighted by Crippen LogP contribution is -2.47. The number of nitrogens with zero attached hydrogens (tertiary/aromatic N) is 4. The highest BCUT2D eigenvalue weighted by Gasteiger charge is 2.26. The minimum atomic E-state index is -1.02. The monoisotopic (exact) mass is 487 g/mol. The lowest BCUT2D eigenvalue weighted by molar-refractivity contribution is 0.0217. The minimum Gasteiger partial charge on any atom is -0.460 e. The second-order valence-corrected chi connectivity index (χ2v) is 12.9. The van der Waals surface area contributed by atoms with Crippen LogP contribution in [0.25, 0.3) is 0 Å². The Morgan fingerprint density at radius 2 is 1.71 bits per heavy atom. The molecule has 1 aromatic carbocycles. The van der Waals surface area contributed by atoms with Gasteiger partial charge in [0.15, 0.2) is 5.82 Å². The highest BCUT2D eigenvalue weighted by atomic mass is 28.3. The number of hydrogen-bond donors (Lipinski definition) is 0. The Hall–Kier alpha value is -2.23. The van der Waals surface area contributed by atoms with E-state index < -0.39 is 9.04 Å².